The Morgan fingerprint density at radius 2 is 2.08 bits per heavy atom. The topological polar surface area (TPSA) is 85.8 Å². The van der Waals surface area contributed by atoms with Gasteiger partial charge >= 0.3 is 6.03 Å². The summed E-state index contributed by atoms with van der Waals surface area (Å²) < 4.78 is 0. The first-order chi connectivity index (χ1) is 11.9. The van der Waals surface area contributed by atoms with Crippen LogP contribution in [-0.2, 0) is 10.4 Å². The van der Waals surface area contributed by atoms with Gasteiger partial charge in [-0.15, -0.1) is 0 Å². The Hall–Kier alpha value is -2.15. The molecule has 0 aliphatic carbocycles. The van der Waals surface area contributed by atoms with Crippen LogP contribution in [-0.4, -0.2) is 63.5 Å². The zero-order valence-corrected chi connectivity index (χ0v) is 14.8. The van der Waals surface area contributed by atoms with E-state index in [9.17, 15) is 14.7 Å². The number of carbonyl (C=O) groups is 2. The fraction of sp³-hybridized carbons (Fsp3) is 0.611. The van der Waals surface area contributed by atoms with Crippen LogP contribution in [0.25, 0.3) is 0 Å². The van der Waals surface area contributed by atoms with Crippen molar-refractivity contribution < 1.29 is 14.7 Å². The Labute approximate surface area is 148 Å². The third kappa shape index (κ3) is 3.76. The van der Waals surface area contributed by atoms with Gasteiger partial charge in [0.05, 0.1) is 11.7 Å². The highest BCUT2D eigenvalue weighted by atomic mass is 16.3. The van der Waals surface area contributed by atoms with Gasteiger partial charge in [-0.3, -0.25) is 9.78 Å². The lowest BCUT2D eigenvalue weighted by Crippen LogP contribution is -2.51. The van der Waals surface area contributed by atoms with Crippen molar-refractivity contribution in [2.45, 2.75) is 50.8 Å². The zero-order valence-electron chi connectivity index (χ0n) is 14.8. The molecular formula is C18H26N4O3. The van der Waals surface area contributed by atoms with Crippen molar-refractivity contribution in [1.29, 1.82) is 0 Å². The molecule has 0 saturated carbocycles. The Morgan fingerprint density at radius 1 is 1.36 bits per heavy atom. The number of hydrogen-bond acceptors (Lipinski definition) is 4. The molecule has 3 amide bonds. The molecule has 3 rings (SSSR count). The predicted octanol–water partition coefficient (Wildman–Crippen LogP) is 1.08. The van der Waals surface area contributed by atoms with Crippen molar-refractivity contribution in [1.82, 2.24) is 20.1 Å². The smallest absolute Gasteiger partial charge is 0.317 e. The van der Waals surface area contributed by atoms with Crippen molar-refractivity contribution in [3.63, 3.8) is 0 Å². The summed E-state index contributed by atoms with van der Waals surface area (Å²) in [5.74, 6) is 0.0865. The average molecular weight is 346 g/mol. The third-order valence-corrected chi connectivity index (χ3v) is 5.13. The highest BCUT2D eigenvalue weighted by molar-refractivity contribution is 5.82. The number of hydrogen-bond donors (Lipinski definition) is 2. The molecule has 2 fully saturated rings. The van der Waals surface area contributed by atoms with Crippen molar-refractivity contribution in [2.75, 3.05) is 19.6 Å². The van der Waals surface area contributed by atoms with Crippen LogP contribution in [0.15, 0.2) is 24.4 Å². The largest absolute Gasteiger partial charge is 0.383 e. The van der Waals surface area contributed by atoms with Crippen LogP contribution >= 0.6 is 0 Å². The van der Waals surface area contributed by atoms with Crippen LogP contribution in [0.1, 0.15) is 38.8 Å². The lowest BCUT2D eigenvalue weighted by molar-refractivity contribution is -0.129. The Balaban J connectivity index is 1.53. The van der Waals surface area contributed by atoms with E-state index in [-0.39, 0.29) is 24.0 Å². The van der Waals surface area contributed by atoms with Crippen LogP contribution in [0, 0.1) is 0 Å². The molecule has 7 heteroatoms. The molecule has 2 aliphatic rings. The summed E-state index contributed by atoms with van der Waals surface area (Å²) in [5, 5.41) is 13.7. The fourth-order valence-corrected chi connectivity index (χ4v) is 3.57. The van der Waals surface area contributed by atoms with Crippen molar-refractivity contribution in [3.05, 3.63) is 30.1 Å². The number of carbonyl (C=O) groups excluding carboxylic acids is 2. The molecule has 0 radical (unpaired) electrons. The zero-order chi connectivity index (χ0) is 18.0. The second kappa shape index (κ2) is 7.00. The van der Waals surface area contributed by atoms with Gasteiger partial charge in [-0.05, 0) is 38.8 Å². The van der Waals surface area contributed by atoms with Crippen LogP contribution in [0.3, 0.4) is 0 Å². The van der Waals surface area contributed by atoms with Crippen LogP contribution in [0.5, 0.6) is 0 Å². The highest BCUT2D eigenvalue weighted by Crippen LogP contribution is 2.31. The summed E-state index contributed by atoms with van der Waals surface area (Å²) in [4.78, 5) is 32.2. The number of pyridine rings is 1. The molecule has 0 aromatic carbocycles. The summed E-state index contributed by atoms with van der Waals surface area (Å²) in [5.41, 5.74) is -0.320. The average Bonchev–Trinajstić information content (AvgIpc) is 2.97. The van der Waals surface area contributed by atoms with Crippen molar-refractivity contribution in [2.24, 2.45) is 0 Å². The molecule has 3 heterocycles. The lowest BCUT2D eigenvalue weighted by atomic mass is 9.88. The van der Waals surface area contributed by atoms with Crippen molar-refractivity contribution in [3.8, 4) is 0 Å². The van der Waals surface area contributed by atoms with E-state index in [1.807, 2.05) is 32.0 Å². The minimum absolute atomic E-state index is 0.0865. The van der Waals surface area contributed by atoms with Crippen molar-refractivity contribution >= 4 is 11.9 Å². The van der Waals surface area contributed by atoms with E-state index in [1.165, 1.54) is 0 Å². The van der Waals surface area contributed by atoms with Gasteiger partial charge in [-0.2, -0.15) is 0 Å². The number of amides is 3. The molecule has 2 aliphatic heterocycles. The number of nitrogens with one attached hydrogen (secondary N) is 1. The molecule has 2 N–H and O–H groups in total. The SMILES string of the molecule is CC(C)N1C[C@@H](NC(=O)N2CCC(O)(c3ccccn3)CC2)CC1=O. The molecule has 1 aromatic heterocycles. The van der Waals surface area contributed by atoms with Crippen LogP contribution in [0.2, 0.25) is 0 Å². The number of aliphatic hydroxyl groups is 1. The van der Waals surface area contributed by atoms with E-state index < -0.39 is 5.60 Å². The Kier molecular flexibility index (Phi) is 4.94. The van der Waals surface area contributed by atoms with Gasteiger partial charge in [-0.25, -0.2) is 4.79 Å². The second-order valence-electron chi connectivity index (χ2n) is 7.22. The first-order valence-electron chi connectivity index (χ1n) is 8.88. The Bertz CT molecular complexity index is 626. The molecule has 2 saturated heterocycles. The van der Waals surface area contributed by atoms with Gasteiger partial charge < -0.3 is 20.2 Å². The summed E-state index contributed by atoms with van der Waals surface area (Å²) in [6.45, 7) is 5.45. The highest BCUT2D eigenvalue weighted by Gasteiger charge is 2.38. The standard InChI is InChI=1S/C18H26N4O3/c1-13(2)22-12-14(11-16(22)23)20-17(24)21-9-6-18(25,7-10-21)15-5-3-4-8-19-15/h3-5,8,13-14,25H,6-7,9-12H2,1-2H3,(H,20,24)/t14-/m0/s1. The number of aromatic nitrogens is 1. The summed E-state index contributed by atoms with van der Waals surface area (Å²) in [7, 11) is 0. The van der Waals surface area contributed by atoms with E-state index in [0.717, 1.165) is 0 Å². The molecular weight excluding hydrogens is 320 g/mol. The predicted molar refractivity (Wildman–Crippen MR) is 92.7 cm³/mol. The Morgan fingerprint density at radius 3 is 2.64 bits per heavy atom. The maximum atomic E-state index is 12.5. The molecule has 136 valence electrons. The van der Waals surface area contributed by atoms with Crippen LogP contribution < -0.4 is 5.32 Å². The van der Waals surface area contributed by atoms with Gasteiger partial charge in [0.1, 0.15) is 5.60 Å². The number of nitrogens with zero attached hydrogens (tertiary/aromatic N) is 3. The van der Waals surface area contributed by atoms with Gasteiger partial charge in [0.15, 0.2) is 0 Å². The quantitative estimate of drug-likeness (QED) is 0.858. The van der Waals surface area contributed by atoms with Gasteiger partial charge in [-0.1, -0.05) is 6.07 Å². The first kappa shape index (κ1) is 17.7. The summed E-state index contributed by atoms with van der Waals surface area (Å²) in [6.07, 6.45) is 2.94. The maximum absolute atomic E-state index is 12.5. The van der Waals surface area contributed by atoms with E-state index in [0.29, 0.717) is 44.6 Å². The maximum Gasteiger partial charge on any atom is 0.317 e. The fourth-order valence-electron chi connectivity index (χ4n) is 3.57. The molecule has 0 bridgehead atoms. The van der Waals surface area contributed by atoms with Crippen LogP contribution in [0.4, 0.5) is 4.79 Å². The summed E-state index contributed by atoms with van der Waals surface area (Å²) >= 11 is 0. The van der Waals surface area contributed by atoms with Gasteiger partial charge in [0.2, 0.25) is 5.91 Å². The molecule has 7 nitrogen and oxygen atoms in total. The van der Waals surface area contributed by atoms with E-state index >= 15 is 0 Å². The number of piperidine rings is 1. The summed E-state index contributed by atoms with van der Waals surface area (Å²) in [6, 6.07) is 5.35. The molecule has 1 atom stereocenters. The molecule has 1 aromatic rings. The minimum Gasteiger partial charge on any atom is -0.383 e. The lowest BCUT2D eigenvalue weighted by Gasteiger charge is -2.38. The molecule has 25 heavy (non-hydrogen) atoms. The second-order valence-corrected chi connectivity index (χ2v) is 7.22. The first-order valence-corrected chi connectivity index (χ1v) is 8.88. The van der Waals surface area contributed by atoms with Gasteiger partial charge in [0, 0.05) is 38.3 Å². The molecule has 0 spiro atoms. The van der Waals surface area contributed by atoms with E-state index in [4.69, 9.17) is 0 Å². The minimum atomic E-state index is -0.976. The molecule has 0 unspecified atom stereocenters. The van der Waals surface area contributed by atoms with E-state index in [2.05, 4.69) is 10.3 Å². The number of urea groups is 1. The number of likely N-dealkylation sites (tertiary alicyclic amines) is 2. The normalized spacial score (nSPS) is 23.2. The van der Waals surface area contributed by atoms with Gasteiger partial charge in [0.25, 0.3) is 0 Å². The number of rotatable bonds is 3. The monoisotopic (exact) mass is 346 g/mol. The van der Waals surface area contributed by atoms with E-state index in [1.54, 1.807) is 16.0 Å². The third-order valence-electron chi connectivity index (χ3n) is 5.13.